The van der Waals surface area contributed by atoms with E-state index in [0.29, 0.717) is 5.88 Å². The van der Waals surface area contributed by atoms with Crippen LogP contribution in [0.2, 0.25) is 0 Å². The Morgan fingerprint density at radius 1 is 1.14 bits per heavy atom. The summed E-state index contributed by atoms with van der Waals surface area (Å²) in [5, 5.41) is 39.6. The number of aliphatic hydroxyl groups is 4. The number of aromatic nitrogens is 1. The highest BCUT2D eigenvalue weighted by Crippen LogP contribution is 2.26. The summed E-state index contributed by atoms with van der Waals surface area (Å²) in [7, 11) is 0. The van der Waals surface area contributed by atoms with Gasteiger partial charge in [-0.2, -0.15) is 0 Å². The number of ether oxygens (including phenoxy) is 2. The predicted molar refractivity (Wildman–Crippen MR) is 72.7 cm³/mol. The molecular formula is C14H17NO6. The third-order valence-electron chi connectivity index (χ3n) is 3.61. The number of aliphatic hydroxyl groups excluding tert-OH is 4. The first-order valence-electron chi connectivity index (χ1n) is 6.65. The minimum absolute atomic E-state index is 0.352. The molecule has 1 aliphatic heterocycles. The molecule has 1 saturated heterocycles. The number of para-hydroxylation sites is 1. The van der Waals surface area contributed by atoms with Crippen LogP contribution < -0.4 is 4.74 Å². The van der Waals surface area contributed by atoms with E-state index in [2.05, 4.69) is 4.98 Å². The highest BCUT2D eigenvalue weighted by atomic mass is 16.6. The molecule has 1 aliphatic rings. The minimum atomic E-state index is -1.53. The quantitative estimate of drug-likeness (QED) is 0.514. The van der Waals surface area contributed by atoms with Crippen molar-refractivity contribution in [3.05, 3.63) is 30.3 Å². The summed E-state index contributed by atoms with van der Waals surface area (Å²) in [5.74, 6) is 0.352. The smallest absolute Gasteiger partial charge is 0.192 e. The molecule has 2 heterocycles. The van der Waals surface area contributed by atoms with Crippen LogP contribution in [0.25, 0.3) is 10.9 Å². The Bertz CT molecular complexity index is 581. The molecule has 7 nitrogen and oxygen atoms in total. The molecule has 1 aromatic heterocycles. The Kier molecular flexibility index (Phi) is 3.83. The molecule has 114 valence electrons. The summed E-state index contributed by atoms with van der Waals surface area (Å²) >= 11 is 0. The first kappa shape index (κ1) is 14.3. The zero-order chi connectivity index (χ0) is 15.0. The maximum Gasteiger partial charge on any atom is 0.192 e. The van der Waals surface area contributed by atoms with E-state index in [1.54, 1.807) is 6.07 Å². The molecule has 0 amide bonds. The van der Waals surface area contributed by atoms with Crippen molar-refractivity contribution in [2.45, 2.75) is 30.7 Å². The number of H-pyrrole nitrogens is 1. The Morgan fingerprint density at radius 3 is 2.62 bits per heavy atom. The van der Waals surface area contributed by atoms with Crippen LogP contribution in [0.1, 0.15) is 0 Å². The second kappa shape index (κ2) is 5.63. The van der Waals surface area contributed by atoms with Crippen LogP contribution in [0.4, 0.5) is 0 Å². The monoisotopic (exact) mass is 295 g/mol. The van der Waals surface area contributed by atoms with Crippen molar-refractivity contribution in [2.24, 2.45) is 0 Å². The molecule has 21 heavy (non-hydrogen) atoms. The van der Waals surface area contributed by atoms with Gasteiger partial charge in [-0.1, -0.05) is 18.2 Å². The van der Waals surface area contributed by atoms with Gasteiger partial charge in [-0.25, -0.2) is 0 Å². The van der Waals surface area contributed by atoms with Crippen molar-refractivity contribution in [3.8, 4) is 5.88 Å². The molecule has 0 radical (unpaired) electrons. The van der Waals surface area contributed by atoms with Gasteiger partial charge in [0, 0.05) is 17.0 Å². The maximum atomic E-state index is 10.1. The highest BCUT2D eigenvalue weighted by molar-refractivity contribution is 5.81. The average Bonchev–Trinajstić information content (AvgIpc) is 2.89. The molecule has 5 N–H and O–H groups in total. The normalized spacial score (nSPS) is 33.2. The lowest BCUT2D eigenvalue weighted by Gasteiger charge is -2.39. The van der Waals surface area contributed by atoms with Gasteiger partial charge in [0.1, 0.15) is 18.3 Å². The molecule has 0 aliphatic carbocycles. The van der Waals surface area contributed by atoms with E-state index in [9.17, 15) is 15.3 Å². The van der Waals surface area contributed by atoms with E-state index in [4.69, 9.17) is 14.6 Å². The van der Waals surface area contributed by atoms with Crippen LogP contribution in [0.5, 0.6) is 5.88 Å². The Hall–Kier alpha value is -1.64. The van der Waals surface area contributed by atoms with Crippen molar-refractivity contribution >= 4 is 10.9 Å². The maximum absolute atomic E-state index is 10.1. The summed E-state index contributed by atoms with van der Waals surface area (Å²) in [4.78, 5) is 3.00. The van der Waals surface area contributed by atoms with Gasteiger partial charge in [0.2, 0.25) is 0 Å². The second-order valence-electron chi connectivity index (χ2n) is 5.03. The Morgan fingerprint density at radius 2 is 1.90 bits per heavy atom. The number of rotatable bonds is 3. The van der Waals surface area contributed by atoms with Crippen LogP contribution in [0.3, 0.4) is 0 Å². The van der Waals surface area contributed by atoms with Crippen molar-refractivity contribution in [1.29, 1.82) is 0 Å². The third kappa shape index (κ3) is 2.61. The fraction of sp³-hybridized carbons (Fsp3) is 0.429. The molecule has 1 fully saturated rings. The number of aromatic amines is 1. The van der Waals surface area contributed by atoms with E-state index < -0.39 is 37.3 Å². The first-order valence-corrected chi connectivity index (χ1v) is 6.65. The van der Waals surface area contributed by atoms with Crippen LogP contribution in [-0.2, 0) is 4.74 Å². The Labute approximate surface area is 120 Å². The fourth-order valence-electron chi connectivity index (χ4n) is 2.46. The van der Waals surface area contributed by atoms with Crippen LogP contribution in [-0.4, -0.2) is 62.7 Å². The summed E-state index contributed by atoms with van der Waals surface area (Å²) in [6.07, 6.45) is -6.34. The van der Waals surface area contributed by atoms with Gasteiger partial charge < -0.3 is 34.9 Å². The molecular weight excluding hydrogens is 278 g/mol. The van der Waals surface area contributed by atoms with E-state index >= 15 is 0 Å². The van der Waals surface area contributed by atoms with E-state index in [0.717, 1.165) is 10.9 Å². The van der Waals surface area contributed by atoms with Gasteiger partial charge in [-0.05, 0) is 6.07 Å². The molecule has 3 rings (SSSR count). The summed E-state index contributed by atoms with van der Waals surface area (Å²) < 4.78 is 10.5. The number of hydrogen-bond donors (Lipinski definition) is 5. The van der Waals surface area contributed by atoms with E-state index in [1.165, 1.54) is 0 Å². The van der Waals surface area contributed by atoms with Crippen LogP contribution in [0.15, 0.2) is 30.3 Å². The average molecular weight is 295 g/mol. The van der Waals surface area contributed by atoms with Gasteiger partial charge in [-0.15, -0.1) is 0 Å². The molecule has 2 aromatic rings. The van der Waals surface area contributed by atoms with Gasteiger partial charge in [0.05, 0.1) is 6.61 Å². The lowest BCUT2D eigenvalue weighted by atomic mass is 9.99. The number of nitrogens with one attached hydrogen (secondary N) is 1. The van der Waals surface area contributed by atoms with Gasteiger partial charge in [-0.3, -0.25) is 0 Å². The van der Waals surface area contributed by atoms with Gasteiger partial charge in [0.25, 0.3) is 0 Å². The molecule has 0 bridgehead atoms. The Balaban J connectivity index is 1.84. The molecule has 7 heteroatoms. The largest absolute Gasteiger partial charge is 0.470 e. The first-order chi connectivity index (χ1) is 10.1. The van der Waals surface area contributed by atoms with Gasteiger partial charge >= 0.3 is 0 Å². The SMILES string of the molecule is OC[C@H]1O[C@H](O)[C@H](O)[C@@H](Oc2cc3ccccc3[nH]2)[C@@H]1O. The molecule has 5 atom stereocenters. The van der Waals surface area contributed by atoms with Crippen molar-refractivity contribution in [2.75, 3.05) is 6.61 Å². The van der Waals surface area contributed by atoms with E-state index in [1.807, 2.05) is 24.3 Å². The fourth-order valence-corrected chi connectivity index (χ4v) is 2.46. The standard InChI is InChI=1S/C14H17NO6/c16-6-9-11(17)13(12(18)14(19)20-9)21-10-5-7-3-1-2-4-8(7)15-10/h1-5,9,11-19H,6H2/t9-,11-,12-,13+,14+/m1/s1. The van der Waals surface area contributed by atoms with Crippen LogP contribution >= 0.6 is 0 Å². The van der Waals surface area contributed by atoms with E-state index in [-0.39, 0.29) is 0 Å². The number of fused-ring (bicyclic) bond motifs is 1. The minimum Gasteiger partial charge on any atom is -0.470 e. The zero-order valence-corrected chi connectivity index (χ0v) is 11.1. The summed E-state index contributed by atoms with van der Waals surface area (Å²) in [5.41, 5.74) is 0.850. The third-order valence-corrected chi connectivity index (χ3v) is 3.61. The summed E-state index contributed by atoms with van der Waals surface area (Å²) in [6, 6.07) is 9.23. The number of benzene rings is 1. The van der Waals surface area contributed by atoms with Gasteiger partial charge in [0.15, 0.2) is 18.3 Å². The topological polar surface area (TPSA) is 115 Å². The molecule has 0 unspecified atom stereocenters. The second-order valence-corrected chi connectivity index (χ2v) is 5.03. The number of hydrogen-bond acceptors (Lipinski definition) is 6. The highest BCUT2D eigenvalue weighted by Gasteiger charge is 2.45. The van der Waals surface area contributed by atoms with Crippen LogP contribution in [0, 0.1) is 0 Å². The lowest BCUT2D eigenvalue weighted by molar-refractivity contribution is -0.282. The molecule has 1 aromatic carbocycles. The predicted octanol–water partition coefficient (Wildman–Crippen LogP) is -0.653. The van der Waals surface area contributed by atoms with Crippen molar-refractivity contribution in [1.82, 2.24) is 4.98 Å². The van der Waals surface area contributed by atoms with Crippen molar-refractivity contribution in [3.63, 3.8) is 0 Å². The molecule has 0 saturated carbocycles. The van der Waals surface area contributed by atoms with Crippen molar-refractivity contribution < 1.29 is 29.9 Å². The molecule has 0 spiro atoms. The lowest BCUT2D eigenvalue weighted by Crippen LogP contribution is -2.60. The zero-order valence-electron chi connectivity index (χ0n) is 11.1. The summed E-state index contributed by atoms with van der Waals surface area (Å²) in [6.45, 7) is -0.489.